The summed E-state index contributed by atoms with van der Waals surface area (Å²) < 4.78 is 0. The predicted octanol–water partition coefficient (Wildman–Crippen LogP) is 0.755. The molecule has 0 radical (unpaired) electrons. The van der Waals surface area contributed by atoms with Gasteiger partial charge in [0, 0.05) is 6.54 Å². The fourth-order valence-corrected chi connectivity index (χ4v) is 1.79. The van der Waals surface area contributed by atoms with E-state index < -0.39 is 0 Å². The van der Waals surface area contributed by atoms with Crippen molar-refractivity contribution in [1.29, 1.82) is 0 Å². The van der Waals surface area contributed by atoms with Gasteiger partial charge >= 0.3 is 0 Å². The van der Waals surface area contributed by atoms with Crippen LogP contribution in [-0.2, 0) is 0 Å². The van der Waals surface area contributed by atoms with Crippen LogP contribution in [0.3, 0.4) is 0 Å². The second-order valence-corrected chi connectivity index (χ2v) is 3.56. The first kappa shape index (κ1) is 12.8. The van der Waals surface area contributed by atoms with Crippen LogP contribution >= 0.6 is 12.2 Å². The number of aliphatic hydroxyl groups is 1. The molecule has 0 aromatic heterocycles. The van der Waals surface area contributed by atoms with Crippen molar-refractivity contribution in [3.05, 3.63) is 0 Å². The van der Waals surface area contributed by atoms with Gasteiger partial charge in [-0.3, -0.25) is 4.90 Å². The molecule has 0 aromatic carbocycles. The number of hydrogen-bond donors (Lipinski definition) is 2. The number of thiocarbonyl (C=S) groups is 1. The number of aliphatic hydroxyl groups excluding tert-OH is 1. The van der Waals surface area contributed by atoms with E-state index in [1.54, 1.807) is 0 Å². The molecule has 0 saturated heterocycles. The van der Waals surface area contributed by atoms with Crippen LogP contribution in [0.2, 0.25) is 0 Å². The normalized spacial score (nSPS) is 13.2. The largest absolute Gasteiger partial charge is 0.395 e. The lowest BCUT2D eigenvalue weighted by Crippen LogP contribution is -2.45. The number of nitrogens with two attached hydrogens (primary N) is 1. The van der Waals surface area contributed by atoms with Crippen LogP contribution in [0.15, 0.2) is 0 Å². The zero-order chi connectivity index (χ0) is 10.3. The Kier molecular flexibility index (Phi) is 7.13. The highest BCUT2D eigenvalue weighted by Gasteiger charge is 2.17. The van der Waals surface area contributed by atoms with Crippen LogP contribution in [0.5, 0.6) is 0 Å². The van der Waals surface area contributed by atoms with Crippen LogP contribution in [0.25, 0.3) is 0 Å². The summed E-state index contributed by atoms with van der Waals surface area (Å²) in [4.78, 5) is 2.67. The van der Waals surface area contributed by atoms with Crippen molar-refractivity contribution in [1.82, 2.24) is 4.90 Å². The van der Waals surface area contributed by atoms with Crippen molar-refractivity contribution in [2.75, 3.05) is 19.7 Å². The maximum atomic E-state index is 8.86. The molecule has 4 heteroatoms. The maximum absolute atomic E-state index is 8.86. The van der Waals surface area contributed by atoms with Gasteiger partial charge < -0.3 is 10.8 Å². The van der Waals surface area contributed by atoms with Gasteiger partial charge in [-0.05, 0) is 19.4 Å². The quantitative estimate of drug-likeness (QED) is 0.601. The Morgan fingerprint density at radius 2 is 2.08 bits per heavy atom. The highest BCUT2D eigenvalue weighted by molar-refractivity contribution is 7.80. The summed E-state index contributed by atoms with van der Waals surface area (Å²) in [5.41, 5.74) is 5.62. The Balaban J connectivity index is 4.20. The molecular weight excluding hydrogens is 184 g/mol. The predicted molar refractivity (Wildman–Crippen MR) is 59.8 cm³/mol. The monoisotopic (exact) mass is 204 g/mol. The molecule has 0 aliphatic heterocycles. The third-order valence-corrected chi connectivity index (χ3v) is 2.33. The molecule has 0 aliphatic carbocycles. The molecule has 0 amide bonds. The lowest BCUT2D eigenvalue weighted by molar-refractivity contribution is 0.176. The van der Waals surface area contributed by atoms with Crippen molar-refractivity contribution in [2.24, 2.45) is 5.73 Å². The molecule has 3 nitrogen and oxygen atoms in total. The average Bonchev–Trinajstić information content (AvgIpc) is 2.05. The summed E-state index contributed by atoms with van der Waals surface area (Å²) in [5.74, 6) is 0. The van der Waals surface area contributed by atoms with Crippen molar-refractivity contribution in [2.45, 2.75) is 32.7 Å². The molecule has 0 saturated carbocycles. The molecule has 0 heterocycles. The third kappa shape index (κ3) is 4.55. The standard InChI is InChI=1S/C9H20N2OS/c1-3-5-11(6-7-12)8(4-2)9(10)13/h8,12H,3-7H2,1-2H3,(H2,10,13). The van der Waals surface area contributed by atoms with E-state index in [1.165, 1.54) is 0 Å². The van der Waals surface area contributed by atoms with E-state index >= 15 is 0 Å². The Hall–Kier alpha value is -0.190. The molecule has 3 N–H and O–H groups in total. The molecule has 0 fully saturated rings. The highest BCUT2D eigenvalue weighted by Crippen LogP contribution is 2.05. The van der Waals surface area contributed by atoms with Crippen molar-refractivity contribution < 1.29 is 5.11 Å². The second kappa shape index (κ2) is 7.24. The second-order valence-electron chi connectivity index (χ2n) is 3.09. The van der Waals surface area contributed by atoms with E-state index in [4.69, 9.17) is 23.1 Å². The van der Waals surface area contributed by atoms with Crippen LogP contribution in [0, 0.1) is 0 Å². The van der Waals surface area contributed by atoms with Crippen LogP contribution in [0.4, 0.5) is 0 Å². The van der Waals surface area contributed by atoms with Gasteiger partial charge in [-0.25, -0.2) is 0 Å². The molecule has 0 aliphatic rings. The Morgan fingerprint density at radius 3 is 2.38 bits per heavy atom. The van der Waals surface area contributed by atoms with Gasteiger partial charge in [0.15, 0.2) is 0 Å². The average molecular weight is 204 g/mol. The van der Waals surface area contributed by atoms with E-state index in [1.807, 2.05) is 0 Å². The first-order chi connectivity index (χ1) is 6.17. The van der Waals surface area contributed by atoms with Crippen LogP contribution in [-0.4, -0.2) is 40.7 Å². The van der Waals surface area contributed by atoms with E-state index in [9.17, 15) is 0 Å². The minimum Gasteiger partial charge on any atom is -0.395 e. The Labute approximate surface area is 85.9 Å². The van der Waals surface area contributed by atoms with Gasteiger partial charge in [0.05, 0.1) is 17.6 Å². The van der Waals surface area contributed by atoms with Crippen LogP contribution < -0.4 is 5.73 Å². The minimum atomic E-state index is 0.141. The van der Waals surface area contributed by atoms with Gasteiger partial charge in [-0.1, -0.05) is 26.1 Å². The summed E-state index contributed by atoms with van der Waals surface area (Å²) in [6.07, 6.45) is 1.97. The molecule has 1 unspecified atom stereocenters. The summed E-state index contributed by atoms with van der Waals surface area (Å²) in [7, 11) is 0. The first-order valence-electron chi connectivity index (χ1n) is 4.81. The van der Waals surface area contributed by atoms with Gasteiger partial charge in [-0.15, -0.1) is 0 Å². The Morgan fingerprint density at radius 1 is 1.46 bits per heavy atom. The molecule has 0 rings (SSSR count). The zero-order valence-electron chi connectivity index (χ0n) is 8.49. The van der Waals surface area contributed by atoms with Gasteiger partial charge in [-0.2, -0.15) is 0 Å². The number of hydrogen-bond acceptors (Lipinski definition) is 3. The minimum absolute atomic E-state index is 0.141. The van der Waals surface area contributed by atoms with Crippen molar-refractivity contribution in [3.8, 4) is 0 Å². The fraction of sp³-hybridized carbons (Fsp3) is 0.889. The van der Waals surface area contributed by atoms with Gasteiger partial charge in [0.25, 0.3) is 0 Å². The molecule has 0 spiro atoms. The van der Waals surface area contributed by atoms with Crippen molar-refractivity contribution >= 4 is 17.2 Å². The van der Waals surface area contributed by atoms with Crippen molar-refractivity contribution in [3.63, 3.8) is 0 Å². The molecule has 0 aromatic rings. The molecule has 78 valence electrons. The van der Waals surface area contributed by atoms with E-state index in [-0.39, 0.29) is 12.6 Å². The lowest BCUT2D eigenvalue weighted by Gasteiger charge is -2.29. The van der Waals surface area contributed by atoms with E-state index in [0.717, 1.165) is 19.4 Å². The van der Waals surface area contributed by atoms with E-state index in [2.05, 4.69) is 18.7 Å². The summed E-state index contributed by atoms with van der Waals surface area (Å²) in [5, 5.41) is 8.86. The Bertz CT molecular complexity index is 147. The number of nitrogens with zero attached hydrogens (tertiary/aromatic N) is 1. The zero-order valence-corrected chi connectivity index (χ0v) is 9.31. The third-order valence-electron chi connectivity index (χ3n) is 2.05. The fourth-order valence-electron chi connectivity index (χ4n) is 1.48. The number of rotatable bonds is 7. The molecule has 13 heavy (non-hydrogen) atoms. The molecule has 1 atom stereocenters. The maximum Gasteiger partial charge on any atom is 0.0901 e. The SMILES string of the molecule is CCCN(CCO)C(CC)C(N)=S. The first-order valence-corrected chi connectivity index (χ1v) is 5.22. The summed E-state index contributed by atoms with van der Waals surface area (Å²) in [6.45, 7) is 5.93. The molecule has 0 bridgehead atoms. The molecular formula is C9H20N2OS. The lowest BCUT2D eigenvalue weighted by atomic mass is 10.2. The van der Waals surface area contributed by atoms with Gasteiger partial charge in [0.2, 0.25) is 0 Å². The summed E-state index contributed by atoms with van der Waals surface area (Å²) in [6, 6.07) is 0.141. The van der Waals surface area contributed by atoms with E-state index in [0.29, 0.717) is 11.5 Å². The highest BCUT2D eigenvalue weighted by atomic mass is 32.1. The topological polar surface area (TPSA) is 49.5 Å². The smallest absolute Gasteiger partial charge is 0.0901 e. The van der Waals surface area contributed by atoms with Crippen LogP contribution in [0.1, 0.15) is 26.7 Å². The van der Waals surface area contributed by atoms with Gasteiger partial charge in [0.1, 0.15) is 0 Å². The summed E-state index contributed by atoms with van der Waals surface area (Å²) >= 11 is 4.98.